The third-order valence-corrected chi connectivity index (χ3v) is 2.98. The number of carbonyl (C=O) groups is 2. The molecule has 2 amide bonds. The number of halogens is 1. The highest BCUT2D eigenvalue weighted by Gasteiger charge is 2.23. The Hall–Kier alpha value is -1.59. The standard InChI is InChI=1S/C14H19ClN2O3/c1-14(2,3)11(18)8-16-12(19)13(20)17-10-6-4-5-9(15)7-10/h4-7,11,18H,8H2,1-3H3,(H,16,19)(H,17,20)/t11-/m0/s1. The van der Waals surface area contributed by atoms with Crippen LogP contribution in [0.15, 0.2) is 24.3 Å². The lowest BCUT2D eigenvalue weighted by atomic mass is 9.89. The Labute approximate surface area is 123 Å². The molecule has 5 nitrogen and oxygen atoms in total. The summed E-state index contributed by atoms with van der Waals surface area (Å²) in [6.07, 6.45) is -0.731. The van der Waals surface area contributed by atoms with Crippen LogP contribution < -0.4 is 10.6 Å². The lowest BCUT2D eigenvalue weighted by Crippen LogP contribution is -2.43. The van der Waals surface area contributed by atoms with Gasteiger partial charge in [0.15, 0.2) is 0 Å². The zero-order valence-electron chi connectivity index (χ0n) is 11.7. The Kier molecular flexibility index (Phi) is 5.53. The second-order valence-electron chi connectivity index (χ2n) is 5.56. The van der Waals surface area contributed by atoms with Crippen LogP contribution in [0.3, 0.4) is 0 Å². The van der Waals surface area contributed by atoms with Gasteiger partial charge in [0.25, 0.3) is 0 Å². The third kappa shape index (κ3) is 5.19. The fraction of sp³-hybridized carbons (Fsp3) is 0.429. The van der Waals surface area contributed by atoms with Crippen LogP contribution in [0.2, 0.25) is 5.02 Å². The van der Waals surface area contributed by atoms with Gasteiger partial charge in [0.1, 0.15) is 0 Å². The number of nitrogens with one attached hydrogen (secondary N) is 2. The molecule has 0 bridgehead atoms. The van der Waals surface area contributed by atoms with Crippen molar-refractivity contribution in [2.75, 3.05) is 11.9 Å². The first kappa shape index (κ1) is 16.5. The molecule has 3 N–H and O–H groups in total. The summed E-state index contributed by atoms with van der Waals surface area (Å²) in [7, 11) is 0. The molecule has 0 aliphatic carbocycles. The van der Waals surface area contributed by atoms with Gasteiger partial charge in [0.05, 0.1) is 6.10 Å². The van der Waals surface area contributed by atoms with E-state index in [2.05, 4.69) is 10.6 Å². The van der Waals surface area contributed by atoms with Gasteiger partial charge in [-0.1, -0.05) is 38.4 Å². The molecule has 1 rings (SSSR count). The summed E-state index contributed by atoms with van der Waals surface area (Å²) in [5, 5.41) is 15.1. The van der Waals surface area contributed by atoms with Gasteiger partial charge in [-0.2, -0.15) is 0 Å². The number of aliphatic hydroxyl groups excluding tert-OH is 1. The summed E-state index contributed by atoms with van der Waals surface area (Å²) in [5.41, 5.74) is 0.0745. The largest absolute Gasteiger partial charge is 0.391 e. The van der Waals surface area contributed by atoms with Crippen molar-refractivity contribution in [2.45, 2.75) is 26.9 Å². The number of aliphatic hydroxyl groups is 1. The first-order chi connectivity index (χ1) is 9.20. The molecule has 0 spiro atoms. The lowest BCUT2D eigenvalue weighted by Gasteiger charge is -2.25. The van der Waals surface area contributed by atoms with Crippen molar-refractivity contribution in [1.82, 2.24) is 5.32 Å². The Balaban J connectivity index is 2.50. The molecule has 0 aliphatic rings. The van der Waals surface area contributed by atoms with Crippen LogP contribution in [0.5, 0.6) is 0 Å². The summed E-state index contributed by atoms with van der Waals surface area (Å²) < 4.78 is 0. The highest BCUT2D eigenvalue weighted by molar-refractivity contribution is 6.39. The first-order valence-electron chi connectivity index (χ1n) is 6.23. The predicted octanol–water partition coefficient (Wildman–Crippen LogP) is 1.80. The van der Waals surface area contributed by atoms with Gasteiger partial charge in [0, 0.05) is 17.3 Å². The Morgan fingerprint density at radius 2 is 1.95 bits per heavy atom. The molecule has 110 valence electrons. The Bertz CT molecular complexity index is 497. The van der Waals surface area contributed by atoms with E-state index in [4.69, 9.17) is 11.6 Å². The fourth-order valence-corrected chi connectivity index (χ4v) is 1.52. The predicted molar refractivity (Wildman–Crippen MR) is 78.6 cm³/mol. The van der Waals surface area contributed by atoms with E-state index in [-0.39, 0.29) is 12.0 Å². The molecule has 20 heavy (non-hydrogen) atoms. The second-order valence-corrected chi connectivity index (χ2v) is 5.99. The van der Waals surface area contributed by atoms with Crippen molar-refractivity contribution in [2.24, 2.45) is 5.41 Å². The van der Waals surface area contributed by atoms with Crippen LogP contribution in [0.1, 0.15) is 20.8 Å². The molecule has 6 heteroatoms. The maximum atomic E-state index is 11.6. The number of carbonyl (C=O) groups excluding carboxylic acids is 2. The monoisotopic (exact) mass is 298 g/mol. The van der Waals surface area contributed by atoms with Crippen LogP contribution in [-0.2, 0) is 9.59 Å². The van der Waals surface area contributed by atoms with Gasteiger partial charge in [-0.05, 0) is 23.6 Å². The maximum absolute atomic E-state index is 11.6. The van der Waals surface area contributed by atoms with E-state index in [0.717, 1.165) is 0 Å². The Morgan fingerprint density at radius 1 is 1.30 bits per heavy atom. The van der Waals surface area contributed by atoms with E-state index in [0.29, 0.717) is 10.7 Å². The molecule has 0 fully saturated rings. The molecule has 0 saturated heterocycles. The van der Waals surface area contributed by atoms with Crippen LogP contribution >= 0.6 is 11.6 Å². The molecule has 1 aromatic carbocycles. The summed E-state index contributed by atoms with van der Waals surface area (Å²) in [5.74, 6) is -1.60. The zero-order chi connectivity index (χ0) is 15.3. The fourth-order valence-electron chi connectivity index (χ4n) is 1.33. The number of rotatable bonds is 3. The number of anilines is 1. The quantitative estimate of drug-likeness (QED) is 0.745. The van der Waals surface area contributed by atoms with Crippen LogP contribution in [-0.4, -0.2) is 29.6 Å². The highest BCUT2D eigenvalue weighted by Crippen LogP contribution is 2.18. The first-order valence-corrected chi connectivity index (χ1v) is 6.61. The van der Waals surface area contributed by atoms with Gasteiger partial charge in [-0.15, -0.1) is 0 Å². The van der Waals surface area contributed by atoms with E-state index in [9.17, 15) is 14.7 Å². The molecular weight excluding hydrogens is 280 g/mol. The highest BCUT2D eigenvalue weighted by atomic mass is 35.5. The molecule has 0 unspecified atom stereocenters. The minimum absolute atomic E-state index is 0.0191. The van der Waals surface area contributed by atoms with Gasteiger partial charge < -0.3 is 15.7 Å². The van der Waals surface area contributed by atoms with Crippen molar-refractivity contribution in [3.63, 3.8) is 0 Å². The maximum Gasteiger partial charge on any atom is 0.313 e. The van der Waals surface area contributed by atoms with Crippen LogP contribution in [0.4, 0.5) is 5.69 Å². The molecule has 1 aromatic rings. The average molecular weight is 299 g/mol. The minimum atomic E-state index is -0.798. The van der Waals surface area contributed by atoms with E-state index < -0.39 is 17.9 Å². The van der Waals surface area contributed by atoms with Gasteiger partial charge in [-0.3, -0.25) is 9.59 Å². The molecule has 0 saturated carbocycles. The van der Waals surface area contributed by atoms with Crippen molar-refractivity contribution in [1.29, 1.82) is 0 Å². The molecule has 0 heterocycles. The van der Waals surface area contributed by atoms with E-state index in [1.54, 1.807) is 18.2 Å². The van der Waals surface area contributed by atoms with E-state index in [1.165, 1.54) is 6.07 Å². The number of amides is 2. The van der Waals surface area contributed by atoms with E-state index in [1.807, 2.05) is 20.8 Å². The lowest BCUT2D eigenvalue weighted by molar-refractivity contribution is -0.136. The van der Waals surface area contributed by atoms with Gasteiger partial charge in [0.2, 0.25) is 0 Å². The van der Waals surface area contributed by atoms with Crippen molar-refractivity contribution >= 4 is 29.1 Å². The molecule has 0 radical (unpaired) electrons. The van der Waals surface area contributed by atoms with Gasteiger partial charge in [-0.25, -0.2) is 0 Å². The summed E-state index contributed by atoms with van der Waals surface area (Å²) in [6, 6.07) is 6.49. The molecular formula is C14H19ClN2O3. The summed E-state index contributed by atoms with van der Waals surface area (Å²) in [4.78, 5) is 23.2. The number of benzene rings is 1. The molecule has 0 aliphatic heterocycles. The number of hydrogen-bond donors (Lipinski definition) is 3. The zero-order valence-corrected chi connectivity index (χ0v) is 12.5. The second kappa shape index (κ2) is 6.72. The van der Waals surface area contributed by atoms with Crippen molar-refractivity contribution in [3.05, 3.63) is 29.3 Å². The normalized spacial score (nSPS) is 12.7. The number of hydrogen-bond acceptors (Lipinski definition) is 3. The smallest absolute Gasteiger partial charge is 0.313 e. The van der Waals surface area contributed by atoms with Crippen LogP contribution in [0.25, 0.3) is 0 Å². The Morgan fingerprint density at radius 3 is 2.50 bits per heavy atom. The third-order valence-electron chi connectivity index (χ3n) is 2.74. The summed E-state index contributed by atoms with van der Waals surface area (Å²) >= 11 is 5.78. The van der Waals surface area contributed by atoms with Crippen molar-refractivity contribution < 1.29 is 14.7 Å². The van der Waals surface area contributed by atoms with Crippen molar-refractivity contribution in [3.8, 4) is 0 Å². The molecule has 0 aromatic heterocycles. The topological polar surface area (TPSA) is 78.4 Å². The summed E-state index contributed by atoms with van der Waals surface area (Å²) in [6.45, 7) is 5.55. The molecule has 1 atom stereocenters. The SMILES string of the molecule is CC(C)(C)[C@@H](O)CNC(=O)C(=O)Nc1cccc(Cl)c1. The van der Waals surface area contributed by atoms with Crippen LogP contribution in [0, 0.1) is 5.41 Å². The van der Waals surface area contributed by atoms with E-state index >= 15 is 0 Å². The van der Waals surface area contributed by atoms with Gasteiger partial charge >= 0.3 is 11.8 Å². The minimum Gasteiger partial charge on any atom is -0.391 e. The average Bonchev–Trinajstić information content (AvgIpc) is 2.34.